The molecule has 0 heterocycles. The van der Waals surface area contributed by atoms with Gasteiger partial charge in [-0.1, -0.05) is 17.7 Å². The van der Waals surface area contributed by atoms with E-state index in [0.717, 1.165) is 36.1 Å². The Balaban J connectivity index is 1.56. The average molecular weight is 329 g/mol. The van der Waals surface area contributed by atoms with Crippen molar-refractivity contribution in [1.29, 1.82) is 0 Å². The van der Waals surface area contributed by atoms with E-state index in [1.54, 1.807) is 0 Å². The fraction of sp³-hybridized carbons (Fsp3) is 0.579. The summed E-state index contributed by atoms with van der Waals surface area (Å²) in [4.78, 5) is 24.6. The van der Waals surface area contributed by atoms with Crippen molar-refractivity contribution in [2.24, 2.45) is 23.5 Å². The number of nitrogens with one attached hydrogen (secondary N) is 2. The van der Waals surface area contributed by atoms with Crippen LogP contribution in [0.5, 0.6) is 0 Å². The van der Waals surface area contributed by atoms with Gasteiger partial charge in [0.2, 0.25) is 11.8 Å². The Morgan fingerprint density at radius 2 is 1.75 bits per heavy atom. The van der Waals surface area contributed by atoms with Gasteiger partial charge in [-0.2, -0.15) is 0 Å². The normalized spacial score (nSPS) is 28.0. The van der Waals surface area contributed by atoms with Crippen molar-refractivity contribution in [3.8, 4) is 0 Å². The average Bonchev–Trinajstić information content (AvgIpc) is 3.09. The standard InChI is InChI=1S/C19H27N3O2/c1-10-6-11(2)18(12(3)7-10)22-15(23)9-21-19(24)16-13-4-5-14(8-13)17(16)20/h6-7,13-14,16-17H,4-5,8-9,20H2,1-3H3,(H,21,24)(H,22,23). The topological polar surface area (TPSA) is 84.2 Å². The van der Waals surface area contributed by atoms with E-state index in [-0.39, 0.29) is 30.3 Å². The number of benzene rings is 1. The van der Waals surface area contributed by atoms with E-state index in [9.17, 15) is 9.59 Å². The molecule has 0 spiro atoms. The zero-order valence-corrected chi connectivity index (χ0v) is 14.7. The lowest BCUT2D eigenvalue weighted by Gasteiger charge is -2.26. The molecule has 4 unspecified atom stereocenters. The van der Waals surface area contributed by atoms with Gasteiger partial charge in [-0.05, 0) is 63.0 Å². The highest BCUT2D eigenvalue weighted by Crippen LogP contribution is 2.47. The third kappa shape index (κ3) is 3.18. The predicted octanol–water partition coefficient (Wildman–Crippen LogP) is 2.04. The summed E-state index contributed by atoms with van der Waals surface area (Å²) < 4.78 is 0. The van der Waals surface area contributed by atoms with Crippen molar-refractivity contribution in [3.05, 3.63) is 28.8 Å². The summed E-state index contributed by atoms with van der Waals surface area (Å²) in [6.45, 7) is 5.97. The minimum atomic E-state index is -0.199. The lowest BCUT2D eigenvalue weighted by Crippen LogP contribution is -2.46. The Bertz CT molecular complexity index is 646. The van der Waals surface area contributed by atoms with Gasteiger partial charge in [-0.15, -0.1) is 0 Å². The van der Waals surface area contributed by atoms with Crippen LogP contribution in [0, 0.1) is 38.5 Å². The molecule has 5 nitrogen and oxygen atoms in total. The fourth-order valence-corrected chi connectivity index (χ4v) is 4.57. The summed E-state index contributed by atoms with van der Waals surface area (Å²) >= 11 is 0. The quantitative estimate of drug-likeness (QED) is 0.790. The first-order valence-electron chi connectivity index (χ1n) is 8.78. The van der Waals surface area contributed by atoms with Crippen molar-refractivity contribution in [1.82, 2.24) is 5.32 Å². The number of carbonyl (C=O) groups excluding carboxylic acids is 2. The minimum Gasteiger partial charge on any atom is -0.347 e. The molecule has 2 amide bonds. The molecule has 2 aliphatic carbocycles. The second kappa shape index (κ2) is 6.55. The summed E-state index contributed by atoms with van der Waals surface area (Å²) in [6, 6.07) is 4.03. The zero-order chi connectivity index (χ0) is 17.4. The first-order valence-corrected chi connectivity index (χ1v) is 8.78. The number of aryl methyl sites for hydroxylation is 3. The van der Waals surface area contributed by atoms with E-state index in [1.165, 1.54) is 5.56 Å². The Kier molecular flexibility index (Phi) is 4.63. The van der Waals surface area contributed by atoms with Gasteiger partial charge in [-0.3, -0.25) is 9.59 Å². The molecule has 1 aromatic rings. The molecule has 0 aliphatic heterocycles. The van der Waals surface area contributed by atoms with Crippen molar-refractivity contribution >= 4 is 17.5 Å². The summed E-state index contributed by atoms with van der Waals surface area (Å²) in [5.41, 5.74) is 10.2. The molecule has 1 aromatic carbocycles. The smallest absolute Gasteiger partial charge is 0.243 e. The van der Waals surface area contributed by atoms with Crippen molar-refractivity contribution in [2.45, 2.75) is 46.1 Å². The molecule has 2 bridgehead atoms. The van der Waals surface area contributed by atoms with Crippen LogP contribution < -0.4 is 16.4 Å². The molecule has 4 N–H and O–H groups in total. The molecule has 130 valence electrons. The van der Waals surface area contributed by atoms with Crippen LogP contribution in [0.2, 0.25) is 0 Å². The number of fused-ring (bicyclic) bond motifs is 2. The molecule has 0 saturated heterocycles. The van der Waals surface area contributed by atoms with Gasteiger partial charge >= 0.3 is 0 Å². The highest BCUT2D eigenvalue weighted by Gasteiger charge is 2.48. The van der Waals surface area contributed by atoms with Crippen LogP contribution in [0.4, 0.5) is 5.69 Å². The van der Waals surface area contributed by atoms with Crippen LogP contribution in [0.3, 0.4) is 0 Å². The third-order valence-electron chi connectivity index (χ3n) is 5.65. The van der Waals surface area contributed by atoms with Crippen LogP contribution in [0.1, 0.15) is 36.0 Å². The summed E-state index contributed by atoms with van der Waals surface area (Å²) in [6.07, 6.45) is 3.29. The number of amides is 2. The maximum atomic E-state index is 12.4. The van der Waals surface area contributed by atoms with Gasteiger partial charge < -0.3 is 16.4 Å². The van der Waals surface area contributed by atoms with Gasteiger partial charge in [0.25, 0.3) is 0 Å². The molecule has 2 fully saturated rings. The van der Waals surface area contributed by atoms with E-state index in [2.05, 4.69) is 10.6 Å². The molecular weight excluding hydrogens is 302 g/mol. The number of anilines is 1. The highest BCUT2D eigenvalue weighted by molar-refractivity contribution is 5.96. The van der Waals surface area contributed by atoms with Crippen LogP contribution in [-0.2, 0) is 9.59 Å². The van der Waals surface area contributed by atoms with Gasteiger partial charge in [0.1, 0.15) is 0 Å². The SMILES string of the molecule is Cc1cc(C)c(NC(=O)CNC(=O)C2C3CCC(C3)C2N)c(C)c1. The van der Waals surface area contributed by atoms with Gasteiger partial charge in [0.15, 0.2) is 0 Å². The number of hydrogen-bond donors (Lipinski definition) is 3. The number of hydrogen-bond acceptors (Lipinski definition) is 3. The van der Waals surface area contributed by atoms with Gasteiger partial charge in [-0.25, -0.2) is 0 Å². The van der Waals surface area contributed by atoms with Crippen molar-refractivity contribution in [3.63, 3.8) is 0 Å². The monoisotopic (exact) mass is 329 g/mol. The third-order valence-corrected chi connectivity index (χ3v) is 5.65. The molecule has 5 heteroatoms. The molecule has 2 aliphatic rings. The molecule has 0 radical (unpaired) electrons. The first-order chi connectivity index (χ1) is 11.4. The predicted molar refractivity (Wildman–Crippen MR) is 94.6 cm³/mol. The highest BCUT2D eigenvalue weighted by atomic mass is 16.2. The number of rotatable bonds is 4. The molecular formula is C19H27N3O2. The second-order valence-electron chi connectivity index (χ2n) is 7.48. The summed E-state index contributed by atoms with van der Waals surface area (Å²) in [5.74, 6) is 0.490. The van der Waals surface area contributed by atoms with Crippen LogP contribution in [-0.4, -0.2) is 24.4 Å². The summed E-state index contributed by atoms with van der Waals surface area (Å²) in [7, 11) is 0. The Labute approximate surface area is 143 Å². The number of nitrogens with two attached hydrogens (primary N) is 1. The fourth-order valence-electron chi connectivity index (χ4n) is 4.57. The maximum absolute atomic E-state index is 12.4. The molecule has 0 aromatic heterocycles. The van der Waals surface area contributed by atoms with Gasteiger partial charge in [0.05, 0.1) is 12.5 Å². The van der Waals surface area contributed by atoms with E-state index >= 15 is 0 Å². The van der Waals surface area contributed by atoms with Crippen LogP contribution in [0.15, 0.2) is 12.1 Å². The van der Waals surface area contributed by atoms with E-state index in [0.29, 0.717) is 11.8 Å². The lowest BCUT2D eigenvalue weighted by atomic mass is 9.84. The van der Waals surface area contributed by atoms with Crippen molar-refractivity contribution < 1.29 is 9.59 Å². The Hall–Kier alpha value is -1.88. The largest absolute Gasteiger partial charge is 0.347 e. The van der Waals surface area contributed by atoms with E-state index in [4.69, 9.17) is 5.73 Å². The maximum Gasteiger partial charge on any atom is 0.243 e. The minimum absolute atomic E-state index is 0.00774. The number of carbonyl (C=O) groups is 2. The molecule has 3 rings (SSSR count). The second-order valence-corrected chi connectivity index (χ2v) is 7.48. The van der Waals surface area contributed by atoms with Crippen molar-refractivity contribution in [2.75, 3.05) is 11.9 Å². The Morgan fingerprint density at radius 3 is 2.33 bits per heavy atom. The molecule has 4 atom stereocenters. The molecule has 24 heavy (non-hydrogen) atoms. The Morgan fingerprint density at radius 1 is 1.12 bits per heavy atom. The van der Waals surface area contributed by atoms with Crippen LogP contribution in [0.25, 0.3) is 0 Å². The van der Waals surface area contributed by atoms with Crippen LogP contribution >= 0.6 is 0 Å². The zero-order valence-electron chi connectivity index (χ0n) is 14.7. The van der Waals surface area contributed by atoms with Gasteiger partial charge in [0, 0.05) is 11.7 Å². The lowest BCUT2D eigenvalue weighted by molar-refractivity contribution is -0.129. The first kappa shape index (κ1) is 17.0. The molecule has 2 saturated carbocycles. The summed E-state index contributed by atoms with van der Waals surface area (Å²) in [5, 5.41) is 5.69. The van der Waals surface area contributed by atoms with E-state index < -0.39 is 0 Å². The van der Waals surface area contributed by atoms with E-state index in [1.807, 2.05) is 32.9 Å².